The number of carbonyl (C=O) groups is 1. The van der Waals surface area contributed by atoms with E-state index in [0.29, 0.717) is 12.3 Å². The van der Waals surface area contributed by atoms with Gasteiger partial charge in [0.05, 0.1) is 0 Å². The zero-order valence-corrected chi connectivity index (χ0v) is 10.2. The van der Waals surface area contributed by atoms with Crippen LogP contribution in [0, 0.1) is 23.7 Å². The summed E-state index contributed by atoms with van der Waals surface area (Å²) in [6.07, 6.45) is 7.64. The van der Waals surface area contributed by atoms with Crippen LogP contribution in [0.15, 0.2) is 0 Å². The van der Waals surface area contributed by atoms with Crippen LogP contribution >= 0.6 is 0 Å². The third-order valence-corrected chi connectivity index (χ3v) is 4.77. The van der Waals surface area contributed by atoms with Crippen LogP contribution in [0.4, 0.5) is 4.39 Å². The summed E-state index contributed by atoms with van der Waals surface area (Å²) in [4.78, 5) is 10.7. The molecule has 16 heavy (non-hydrogen) atoms. The summed E-state index contributed by atoms with van der Waals surface area (Å²) in [5.74, 6) is 1.85. The topological polar surface area (TPSA) is 17.1 Å². The Morgan fingerprint density at radius 3 is 2.19 bits per heavy atom. The third kappa shape index (κ3) is 2.64. The molecule has 3 unspecified atom stereocenters. The fraction of sp³-hybridized carbons (Fsp3) is 0.929. The van der Waals surface area contributed by atoms with Crippen LogP contribution in [0.1, 0.15) is 51.9 Å². The van der Waals surface area contributed by atoms with E-state index in [2.05, 4.69) is 6.92 Å². The molecule has 1 nitrogen and oxygen atoms in total. The molecular weight excluding hydrogens is 203 g/mol. The molecule has 2 aliphatic rings. The summed E-state index contributed by atoms with van der Waals surface area (Å²) in [6, 6.07) is 0. The number of hydrogen-bond acceptors (Lipinski definition) is 1. The number of hydrogen-bond donors (Lipinski definition) is 0. The minimum Gasteiger partial charge on any atom is -0.303 e. The molecule has 0 amide bonds. The Labute approximate surface area is 97.8 Å². The van der Waals surface area contributed by atoms with Gasteiger partial charge in [-0.05, 0) is 49.9 Å². The molecule has 0 bridgehead atoms. The van der Waals surface area contributed by atoms with E-state index >= 15 is 0 Å². The second-order valence-corrected chi connectivity index (χ2v) is 5.91. The van der Waals surface area contributed by atoms with Crippen molar-refractivity contribution in [2.24, 2.45) is 23.7 Å². The zero-order valence-electron chi connectivity index (χ0n) is 10.2. The largest absolute Gasteiger partial charge is 0.303 e. The molecule has 0 saturated heterocycles. The van der Waals surface area contributed by atoms with E-state index in [1.807, 2.05) is 0 Å². The first-order valence-corrected chi connectivity index (χ1v) is 6.80. The van der Waals surface area contributed by atoms with Gasteiger partial charge < -0.3 is 4.79 Å². The first kappa shape index (κ1) is 12.1. The highest BCUT2D eigenvalue weighted by atomic mass is 19.1. The van der Waals surface area contributed by atoms with E-state index in [4.69, 9.17) is 0 Å². The highest BCUT2D eigenvalue weighted by Crippen LogP contribution is 2.41. The second-order valence-electron chi connectivity index (χ2n) is 5.91. The van der Waals surface area contributed by atoms with E-state index in [9.17, 15) is 9.18 Å². The zero-order chi connectivity index (χ0) is 11.5. The molecule has 2 rings (SSSR count). The predicted molar refractivity (Wildman–Crippen MR) is 62.9 cm³/mol. The maximum absolute atomic E-state index is 13.7. The van der Waals surface area contributed by atoms with Gasteiger partial charge in [0.15, 0.2) is 0 Å². The van der Waals surface area contributed by atoms with Crippen molar-refractivity contribution < 1.29 is 9.18 Å². The normalized spacial score (nSPS) is 45.2. The van der Waals surface area contributed by atoms with E-state index in [0.717, 1.165) is 31.0 Å². The van der Waals surface area contributed by atoms with Gasteiger partial charge in [-0.25, -0.2) is 4.39 Å². The highest BCUT2D eigenvalue weighted by molar-refractivity contribution is 5.54. The van der Waals surface area contributed by atoms with E-state index in [1.54, 1.807) is 0 Å². The van der Waals surface area contributed by atoms with Crippen molar-refractivity contribution in [1.29, 1.82) is 0 Å². The van der Waals surface area contributed by atoms with Crippen molar-refractivity contribution in [2.75, 3.05) is 0 Å². The average Bonchev–Trinajstić information content (AvgIpc) is 2.30. The lowest BCUT2D eigenvalue weighted by Crippen LogP contribution is -2.32. The molecule has 0 aromatic rings. The quantitative estimate of drug-likeness (QED) is 0.655. The molecule has 92 valence electrons. The smallest absolute Gasteiger partial charge is 0.125 e. The van der Waals surface area contributed by atoms with Gasteiger partial charge in [-0.3, -0.25) is 0 Å². The maximum atomic E-state index is 13.7. The SMILES string of the molecule is CC1CCC(C2CCC(C=O)C(F)C2)CC1. The molecule has 0 spiro atoms. The molecule has 2 aliphatic carbocycles. The molecule has 0 N–H and O–H groups in total. The Hall–Kier alpha value is -0.400. The summed E-state index contributed by atoms with van der Waals surface area (Å²) >= 11 is 0. The average molecular weight is 226 g/mol. The van der Waals surface area contributed by atoms with Crippen LogP contribution in [0.5, 0.6) is 0 Å². The van der Waals surface area contributed by atoms with Crippen LogP contribution in [0.3, 0.4) is 0 Å². The maximum Gasteiger partial charge on any atom is 0.125 e. The molecule has 0 aliphatic heterocycles. The molecular formula is C14H23FO. The van der Waals surface area contributed by atoms with Gasteiger partial charge in [0, 0.05) is 5.92 Å². The minimum absolute atomic E-state index is 0.307. The van der Waals surface area contributed by atoms with Gasteiger partial charge in [-0.15, -0.1) is 0 Å². The van der Waals surface area contributed by atoms with Crippen molar-refractivity contribution in [3.63, 3.8) is 0 Å². The molecule has 0 aromatic heterocycles. The second kappa shape index (κ2) is 5.29. The number of rotatable bonds is 2. The van der Waals surface area contributed by atoms with E-state index in [1.165, 1.54) is 25.7 Å². The lowest BCUT2D eigenvalue weighted by atomic mass is 9.69. The predicted octanol–water partition coefficient (Wildman–Crippen LogP) is 3.77. The molecule has 3 atom stereocenters. The van der Waals surface area contributed by atoms with Crippen LogP contribution in [0.2, 0.25) is 0 Å². The Morgan fingerprint density at radius 2 is 1.62 bits per heavy atom. The molecule has 0 aromatic carbocycles. The third-order valence-electron chi connectivity index (χ3n) is 4.77. The van der Waals surface area contributed by atoms with Crippen molar-refractivity contribution in [2.45, 2.75) is 58.0 Å². The minimum atomic E-state index is -0.865. The Balaban J connectivity index is 1.85. The molecule has 0 radical (unpaired) electrons. The Bertz CT molecular complexity index is 233. The number of carbonyl (C=O) groups excluding carboxylic acids is 1. The highest BCUT2D eigenvalue weighted by Gasteiger charge is 2.35. The summed E-state index contributed by atoms with van der Waals surface area (Å²) in [5.41, 5.74) is 0. The summed E-state index contributed by atoms with van der Waals surface area (Å²) < 4.78 is 13.7. The van der Waals surface area contributed by atoms with Gasteiger partial charge >= 0.3 is 0 Å². The molecule has 2 heteroatoms. The lowest BCUT2D eigenvalue weighted by molar-refractivity contribution is -0.114. The van der Waals surface area contributed by atoms with Gasteiger partial charge in [0.2, 0.25) is 0 Å². The van der Waals surface area contributed by atoms with E-state index in [-0.39, 0.29) is 5.92 Å². The summed E-state index contributed by atoms with van der Waals surface area (Å²) in [6.45, 7) is 2.32. The van der Waals surface area contributed by atoms with Crippen LogP contribution in [-0.4, -0.2) is 12.5 Å². The monoisotopic (exact) mass is 226 g/mol. The number of halogens is 1. The number of aldehydes is 1. The van der Waals surface area contributed by atoms with Gasteiger partial charge in [-0.2, -0.15) is 0 Å². The summed E-state index contributed by atoms with van der Waals surface area (Å²) in [7, 11) is 0. The van der Waals surface area contributed by atoms with Gasteiger partial charge in [-0.1, -0.05) is 19.8 Å². The van der Waals surface area contributed by atoms with Crippen molar-refractivity contribution >= 4 is 6.29 Å². The van der Waals surface area contributed by atoms with Crippen molar-refractivity contribution in [3.8, 4) is 0 Å². The Kier molecular flexibility index (Phi) is 3.99. The fourth-order valence-electron chi connectivity index (χ4n) is 3.51. The van der Waals surface area contributed by atoms with Crippen molar-refractivity contribution in [3.05, 3.63) is 0 Å². The van der Waals surface area contributed by atoms with Gasteiger partial charge in [0.1, 0.15) is 12.5 Å². The standard InChI is InChI=1S/C14H23FO/c1-10-2-4-11(5-3-10)12-6-7-13(9-16)14(15)8-12/h9-14H,2-8H2,1H3. The van der Waals surface area contributed by atoms with Crippen LogP contribution in [0.25, 0.3) is 0 Å². The first-order chi connectivity index (χ1) is 7.70. The lowest BCUT2D eigenvalue weighted by Gasteiger charge is -2.37. The van der Waals surface area contributed by atoms with E-state index < -0.39 is 6.17 Å². The van der Waals surface area contributed by atoms with Gasteiger partial charge in [0.25, 0.3) is 0 Å². The summed E-state index contributed by atoms with van der Waals surface area (Å²) in [5, 5.41) is 0. The Morgan fingerprint density at radius 1 is 1.00 bits per heavy atom. The molecule has 2 saturated carbocycles. The van der Waals surface area contributed by atoms with Crippen LogP contribution in [-0.2, 0) is 4.79 Å². The fourth-order valence-corrected chi connectivity index (χ4v) is 3.51. The van der Waals surface area contributed by atoms with Crippen LogP contribution < -0.4 is 0 Å². The first-order valence-electron chi connectivity index (χ1n) is 6.80. The molecule has 2 fully saturated rings. The molecule has 0 heterocycles. The number of alkyl halides is 1. The van der Waals surface area contributed by atoms with Crippen molar-refractivity contribution in [1.82, 2.24) is 0 Å².